The Bertz CT molecular complexity index is 1280. The van der Waals surface area contributed by atoms with Gasteiger partial charge in [-0.15, -0.1) is 0 Å². The normalized spacial score (nSPS) is 11.7. The minimum Gasteiger partial charge on any atom is -0.502 e. The van der Waals surface area contributed by atoms with Crippen molar-refractivity contribution in [2.24, 2.45) is 0 Å². The first-order chi connectivity index (χ1) is 15.5. The summed E-state index contributed by atoms with van der Waals surface area (Å²) in [6, 6.07) is 13.1. The molecule has 0 spiro atoms. The lowest BCUT2D eigenvalue weighted by molar-refractivity contribution is -0.345. The highest BCUT2D eigenvalue weighted by Gasteiger charge is 2.26. The van der Waals surface area contributed by atoms with Crippen molar-refractivity contribution in [1.29, 1.82) is 0 Å². The van der Waals surface area contributed by atoms with Crippen LogP contribution in [0.4, 0.5) is 0 Å². The van der Waals surface area contributed by atoms with Crippen molar-refractivity contribution in [3.05, 3.63) is 88.8 Å². The summed E-state index contributed by atoms with van der Waals surface area (Å²) < 4.78 is 10.8. The Hall–Kier alpha value is -3.84. The van der Waals surface area contributed by atoms with Crippen LogP contribution in [0.25, 0.3) is 10.9 Å². The van der Waals surface area contributed by atoms with Gasteiger partial charge in [0.25, 0.3) is 11.4 Å². The quantitative estimate of drug-likeness (QED) is 0.464. The summed E-state index contributed by atoms with van der Waals surface area (Å²) in [7, 11) is 3.08. The number of phenols is 1. The molecule has 0 aliphatic heterocycles. The van der Waals surface area contributed by atoms with E-state index in [0.717, 1.165) is 0 Å². The summed E-state index contributed by atoms with van der Waals surface area (Å²) in [5.41, 5.74) is 1.95. The molecule has 1 unspecified atom stereocenters. The lowest BCUT2D eigenvalue weighted by Gasteiger charge is -2.22. The highest BCUT2D eigenvalue weighted by atomic mass is 35.5. The molecule has 0 saturated carbocycles. The van der Waals surface area contributed by atoms with Gasteiger partial charge in [0.05, 0.1) is 36.2 Å². The van der Waals surface area contributed by atoms with Crippen LogP contribution in [0, 0.1) is 0 Å². The highest BCUT2D eigenvalue weighted by Crippen LogP contribution is 2.39. The van der Waals surface area contributed by atoms with Crippen molar-refractivity contribution < 1.29 is 24.4 Å². The molecule has 8 heteroatoms. The molecular weight excluding hydrogens is 430 g/mol. The first-order valence-electron chi connectivity index (χ1n) is 9.78. The molecule has 0 radical (unpaired) electrons. The smallest absolute Gasteiger partial charge is 0.254 e. The Morgan fingerprint density at radius 1 is 1.12 bits per heavy atom. The lowest BCUT2D eigenvalue weighted by atomic mass is 9.95. The van der Waals surface area contributed by atoms with Crippen LogP contribution in [-0.4, -0.2) is 30.2 Å². The number of rotatable bonds is 6. The third kappa shape index (κ3) is 4.02. The number of amides is 1. The van der Waals surface area contributed by atoms with E-state index in [2.05, 4.69) is 15.3 Å². The van der Waals surface area contributed by atoms with Crippen molar-refractivity contribution in [2.45, 2.75) is 6.04 Å². The topological polar surface area (TPSA) is 94.8 Å². The zero-order valence-corrected chi connectivity index (χ0v) is 18.2. The molecule has 7 nitrogen and oxygen atoms in total. The van der Waals surface area contributed by atoms with Gasteiger partial charge in [-0.25, -0.2) is 4.98 Å². The molecule has 3 N–H and O–H groups in total. The van der Waals surface area contributed by atoms with Crippen LogP contribution in [0.15, 0.2) is 67.1 Å². The van der Waals surface area contributed by atoms with Gasteiger partial charge in [0, 0.05) is 24.0 Å². The Kier molecular flexibility index (Phi) is 6.09. The van der Waals surface area contributed by atoms with E-state index < -0.39 is 6.04 Å². The number of carbonyl (C=O) groups is 1. The average Bonchev–Trinajstić information content (AvgIpc) is 2.85. The SMILES string of the molecule is COc1ccc(C(NC(=O)c2cccnc2)c2cc(Cl)c3ccc[nH+]c3c2O)cc1OC. The molecule has 1 amide bonds. The second-order valence-electron chi connectivity index (χ2n) is 7.02. The van der Waals surface area contributed by atoms with Crippen molar-refractivity contribution in [2.75, 3.05) is 14.2 Å². The molecule has 2 heterocycles. The van der Waals surface area contributed by atoms with Gasteiger partial charge in [0.15, 0.2) is 23.4 Å². The van der Waals surface area contributed by atoms with E-state index >= 15 is 0 Å². The molecule has 1 atom stereocenters. The molecule has 162 valence electrons. The van der Waals surface area contributed by atoms with Crippen LogP contribution < -0.4 is 19.8 Å². The molecule has 32 heavy (non-hydrogen) atoms. The van der Waals surface area contributed by atoms with E-state index in [4.69, 9.17) is 21.1 Å². The highest BCUT2D eigenvalue weighted by molar-refractivity contribution is 6.35. The maximum Gasteiger partial charge on any atom is 0.254 e. The standard InChI is InChI=1S/C24H20ClN3O4/c1-31-19-8-7-14(11-20(19)32-2)21(28-24(30)15-5-3-9-26-13-15)17-12-18(25)16-6-4-10-27-22(16)23(17)29/h3-13,21,29H,1-2H3,(H,28,30)/p+1. The number of phenolic OH excluding ortho intramolecular Hbond substituents is 1. The predicted molar refractivity (Wildman–Crippen MR) is 120 cm³/mol. The Balaban J connectivity index is 1.88. The monoisotopic (exact) mass is 450 g/mol. The summed E-state index contributed by atoms with van der Waals surface area (Å²) in [5, 5.41) is 15.2. The fraction of sp³-hybridized carbons (Fsp3) is 0.125. The largest absolute Gasteiger partial charge is 0.502 e. The van der Waals surface area contributed by atoms with Gasteiger partial charge >= 0.3 is 0 Å². The summed E-state index contributed by atoms with van der Waals surface area (Å²) >= 11 is 6.53. The van der Waals surface area contributed by atoms with Crippen molar-refractivity contribution >= 4 is 28.4 Å². The Morgan fingerprint density at radius 3 is 2.66 bits per heavy atom. The number of benzene rings is 2. The zero-order valence-electron chi connectivity index (χ0n) is 17.4. The first kappa shape index (κ1) is 21.4. The fourth-order valence-electron chi connectivity index (χ4n) is 3.56. The Labute approximate surface area is 189 Å². The maximum absolute atomic E-state index is 13.0. The van der Waals surface area contributed by atoms with Crippen LogP contribution in [0.5, 0.6) is 17.2 Å². The van der Waals surface area contributed by atoms with Gasteiger partial charge in [-0.05, 0) is 42.0 Å². The summed E-state index contributed by atoms with van der Waals surface area (Å²) in [5.74, 6) is 0.660. The summed E-state index contributed by atoms with van der Waals surface area (Å²) in [4.78, 5) is 20.0. The number of methoxy groups -OCH3 is 2. The van der Waals surface area contributed by atoms with Crippen LogP contribution in [0.2, 0.25) is 5.02 Å². The van der Waals surface area contributed by atoms with E-state index in [-0.39, 0.29) is 11.7 Å². The summed E-state index contributed by atoms with van der Waals surface area (Å²) in [6.07, 6.45) is 4.76. The Morgan fingerprint density at radius 2 is 1.94 bits per heavy atom. The van der Waals surface area contributed by atoms with Crippen LogP contribution >= 0.6 is 11.6 Å². The minimum atomic E-state index is -0.738. The number of aromatic nitrogens is 2. The van der Waals surface area contributed by atoms with Gasteiger partial charge in [-0.3, -0.25) is 9.78 Å². The zero-order chi connectivity index (χ0) is 22.7. The van der Waals surface area contributed by atoms with Gasteiger partial charge in [-0.1, -0.05) is 17.7 Å². The number of hydrogen-bond donors (Lipinski definition) is 2. The van der Waals surface area contributed by atoms with Crippen LogP contribution in [0.1, 0.15) is 27.5 Å². The number of carbonyl (C=O) groups excluding carboxylic acids is 1. The van der Waals surface area contributed by atoms with Gasteiger partial charge in [0.2, 0.25) is 0 Å². The van der Waals surface area contributed by atoms with Crippen molar-refractivity contribution in [3.8, 4) is 17.2 Å². The summed E-state index contributed by atoms with van der Waals surface area (Å²) in [6.45, 7) is 0. The number of ether oxygens (including phenoxy) is 2. The van der Waals surface area contributed by atoms with Gasteiger partial charge < -0.3 is 19.9 Å². The van der Waals surface area contributed by atoms with Crippen molar-refractivity contribution in [3.63, 3.8) is 0 Å². The molecule has 0 bridgehead atoms. The van der Waals surface area contributed by atoms with Crippen LogP contribution in [0.3, 0.4) is 0 Å². The average molecular weight is 451 g/mol. The third-order valence-electron chi connectivity index (χ3n) is 5.16. The number of fused-ring (bicyclic) bond motifs is 1. The number of pyridine rings is 2. The molecule has 4 rings (SSSR count). The van der Waals surface area contributed by atoms with Crippen molar-refractivity contribution in [1.82, 2.24) is 10.3 Å². The molecular formula is C24H21ClN3O4+. The number of H-pyrrole nitrogens is 1. The molecule has 0 fully saturated rings. The van der Waals surface area contributed by atoms with E-state index in [1.165, 1.54) is 13.3 Å². The molecule has 4 aromatic rings. The first-order valence-corrected chi connectivity index (χ1v) is 10.2. The predicted octanol–water partition coefficient (Wildman–Crippen LogP) is 3.94. The third-order valence-corrected chi connectivity index (χ3v) is 5.47. The number of aromatic hydroxyl groups is 1. The fourth-order valence-corrected chi connectivity index (χ4v) is 3.84. The molecule has 0 aliphatic rings. The number of aromatic amines is 1. The van der Waals surface area contributed by atoms with Crippen LogP contribution in [-0.2, 0) is 0 Å². The van der Waals surface area contributed by atoms with E-state index in [1.807, 2.05) is 0 Å². The van der Waals surface area contributed by atoms with Gasteiger partial charge in [0.1, 0.15) is 0 Å². The van der Waals surface area contributed by atoms with E-state index in [9.17, 15) is 9.90 Å². The number of nitrogens with one attached hydrogen (secondary N) is 2. The number of halogens is 1. The molecule has 2 aromatic carbocycles. The lowest BCUT2D eigenvalue weighted by Crippen LogP contribution is -2.29. The number of nitrogens with zero attached hydrogens (tertiary/aromatic N) is 1. The van der Waals surface area contributed by atoms with Gasteiger partial charge in [-0.2, -0.15) is 0 Å². The van der Waals surface area contributed by atoms with E-state index in [1.54, 1.807) is 68.0 Å². The van der Waals surface area contributed by atoms with E-state index in [0.29, 0.717) is 44.1 Å². The number of hydrogen-bond acceptors (Lipinski definition) is 5. The second-order valence-corrected chi connectivity index (χ2v) is 7.42. The maximum atomic E-state index is 13.0. The molecule has 0 saturated heterocycles. The minimum absolute atomic E-state index is 0.0173. The molecule has 2 aromatic heterocycles. The second kappa shape index (κ2) is 9.11. The molecule has 0 aliphatic carbocycles.